The molecule has 0 bridgehead atoms. The number of nitrogens with one attached hydrogen (secondary N) is 1. The van der Waals surface area contributed by atoms with E-state index in [1.807, 2.05) is 26.0 Å². The van der Waals surface area contributed by atoms with Gasteiger partial charge in [-0.25, -0.2) is 0 Å². The lowest BCUT2D eigenvalue weighted by atomic mass is 10.0. The molecule has 0 aliphatic heterocycles. The summed E-state index contributed by atoms with van der Waals surface area (Å²) < 4.78 is 0. The van der Waals surface area contributed by atoms with Gasteiger partial charge in [-0.05, 0) is 37.6 Å². The Balaban J connectivity index is 2.44. The van der Waals surface area contributed by atoms with Crippen molar-refractivity contribution >= 4 is 29.3 Å². The molecule has 0 saturated heterocycles. The van der Waals surface area contributed by atoms with Crippen LogP contribution in [0.25, 0.3) is 0 Å². The van der Waals surface area contributed by atoms with E-state index in [9.17, 15) is 9.90 Å². The van der Waals surface area contributed by atoms with Crippen LogP contribution in [-0.2, 0) is 4.79 Å². The van der Waals surface area contributed by atoms with Crippen molar-refractivity contribution in [2.24, 2.45) is 0 Å². The zero-order valence-electron chi connectivity index (χ0n) is 10.6. The van der Waals surface area contributed by atoms with Crippen molar-refractivity contribution < 1.29 is 9.90 Å². The molecule has 0 radical (unpaired) electrons. The fraction of sp³-hybridized carbons (Fsp3) is 0.462. The largest absolute Gasteiger partial charge is 0.394 e. The average molecular weight is 288 g/mol. The van der Waals surface area contributed by atoms with Crippen molar-refractivity contribution in [3.05, 3.63) is 29.3 Å². The summed E-state index contributed by atoms with van der Waals surface area (Å²) in [4.78, 5) is 12.7. The lowest BCUT2D eigenvalue weighted by molar-refractivity contribution is -0.120. The van der Waals surface area contributed by atoms with Gasteiger partial charge in [-0.15, -0.1) is 11.8 Å². The van der Waals surface area contributed by atoms with Crippen LogP contribution in [0.1, 0.15) is 20.3 Å². The predicted molar refractivity (Wildman–Crippen MR) is 76.1 cm³/mol. The summed E-state index contributed by atoms with van der Waals surface area (Å²) in [6.07, 6.45) is 0.695. The van der Waals surface area contributed by atoms with Crippen LogP contribution in [0.3, 0.4) is 0 Å². The fourth-order valence-corrected chi connectivity index (χ4v) is 2.12. The second-order valence-electron chi connectivity index (χ2n) is 4.36. The molecule has 0 heterocycles. The Labute approximate surface area is 117 Å². The molecular weight excluding hydrogens is 270 g/mol. The summed E-state index contributed by atoms with van der Waals surface area (Å²) in [5.41, 5.74) is -0.530. The highest BCUT2D eigenvalue weighted by Crippen LogP contribution is 2.20. The Morgan fingerprint density at radius 3 is 2.56 bits per heavy atom. The minimum Gasteiger partial charge on any atom is -0.394 e. The first kappa shape index (κ1) is 15.3. The van der Waals surface area contributed by atoms with Crippen molar-refractivity contribution in [1.82, 2.24) is 5.32 Å². The number of hydrogen-bond donors (Lipinski definition) is 2. The van der Waals surface area contributed by atoms with E-state index in [0.29, 0.717) is 17.2 Å². The molecule has 100 valence electrons. The highest BCUT2D eigenvalue weighted by Gasteiger charge is 2.22. The van der Waals surface area contributed by atoms with Gasteiger partial charge in [-0.3, -0.25) is 4.79 Å². The van der Waals surface area contributed by atoms with E-state index in [0.717, 1.165) is 4.90 Å². The van der Waals surface area contributed by atoms with Crippen LogP contribution in [-0.4, -0.2) is 28.9 Å². The first-order valence-corrected chi connectivity index (χ1v) is 7.15. The van der Waals surface area contributed by atoms with Crippen LogP contribution in [0.2, 0.25) is 5.02 Å². The maximum absolute atomic E-state index is 11.7. The standard InChI is InChI=1S/C13H18ClNO2S/c1-3-13(2,9-16)15-12(17)8-18-11-6-4-10(14)5-7-11/h4-7,16H,3,8-9H2,1-2H3,(H,15,17). The summed E-state index contributed by atoms with van der Waals surface area (Å²) in [7, 11) is 0. The number of aliphatic hydroxyl groups is 1. The van der Waals surface area contributed by atoms with Crippen molar-refractivity contribution in [3.63, 3.8) is 0 Å². The summed E-state index contributed by atoms with van der Waals surface area (Å²) >= 11 is 7.23. The molecule has 0 fully saturated rings. The third-order valence-corrected chi connectivity index (χ3v) is 4.02. The van der Waals surface area contributed by atoms with Gasteiger partial charge in [-0.1, -0.05) is 18.5 Å². The minimum absolute atomic E-state index is 0.0547. The van der Waals surface area contributed by atoms with Crippen LogP contribution in [0, 0.1) is 0 Å². The molecule has 2 N–H and O–H groups in total. The minimum atomic E-state index is -0.530. The molecule has 18 heavy (non-hydrogen) atoms. The second-order valence-corrected chi connectivity index (χ2v) is 5.85. The number of carbonyl (C=O) groups excluding carboxylic acids is 1. The monoisotopic (exact) mass is 287 g/mol. The molecule has 1 atom stereocenters. The third-order valence-electron chi connectivity index (χ3n) is 2.75. The van der Waals surface area contributed by atoms with E-state index in [1.165, 1.54) is 11.8 Å². The van der Waals surface area contributed by atoms with E-state index in [1.54, 1.807) is 12.1 Å². The number of rotatable bonds is 6. The van der Waals surface area contributed by atoms with Gasteiger partial charge in [0, 0.05) is 9.92 Å². The molecule has 3 nitrogen and oxygen atoms in total. The smallest absolute Gasteiger partial charge is 0.230 e. The van der Waals surface area contributed by atoms with Gasteiger partial charge >= 0.3 is 0 Å². The van der Waals surface area contributed by atoms with Gasteiger partial charge in [-0.2, -0.15) is 0 Å². The molecular formula is C13H18ClNO2S. The molecule has 5 heteroatoms. The normalized spacial score (nSPS) is 14.0. The third kappa shape index (κ3) is 4.88. The van der Waals surface area contributed by atoms with E-state index >= 15 is 0 Å². The highest BCUT2D eigenvalue weighted by atomic mass is 35.5. The first-order valence-electron chi connectivity index (χ1n) is 5.79. The summed E-state index contributed by atoms with van der Waals surface area (Å²) in [5, 5.41) is 12.7. The molecule has 1 aromatic carbocycles. The number of aliphatic hydroxyl groups excluding tert-OH is 1. The molecule has 1 unspecified atom stereocenters. The average Bonchev–Trinajstić information content (AvgIpc) is 2.38. The van der Waals surface area contributed by atoms with Crippen LogP contribution in [0.15, 0.2) is 29.2 Å². The zero-order chi connectivity index (χ0) is 13.6. The number of amides is 1. The van der Waals surface area contributed by atoms with Gasteiger partial charge in [0.2, 0.25) is 5.91 Å². The summed E-state index contributed by atoms with van der Waals surface area (Å²) in [6, 6.07) is 7.36. The SMILES string of the molecule is CCC(C)(CO)NC(=O)CSc1ccc(Cl)cc1. The second kappa shape index (κ2) is 7.02. The number of benzene rings is 1. The predicted octanol–water partition coefficient (Wildman–Crippen LogP) is 2.71. The molecule has 0 saturated carbocycles. The lowest BCUT2D eigenvalue weighted by Gasteiger charge is -2.27. The van der Waals surface area contributed by atoms with E-state index in [2.05, 4.69) is 5.32 Å². The molecule has 0 aliphatic carbocycles. The van der Waals surface area contributed by atoms with Crippen LogP contribution in [0.5, 0.6) is 0 Å². The van der Waals surface area contributed by atoms with Crippen LogP contribution < -0.4 is 5.32 Å². The highest BCUT2D eigenvalue weighted by molar-refractivity contribution is 8.00. The molecule has 1 amide bonds. The summed E-state index contributed by atoms with van der Waals surface area (Å²) in [6.45, 7) is 3.71. The van der Waals surface area contributed by atoms with Crippen molar-refractivity contribution in [2.45, 2.75) is 30.7 Å². The number of hydrogen-bond acceptors (Lipinski definition) is 3. The summed E-state index contributed by atoms with van der Waals surface area (Å²) in [5.74, 6) is 0.255. The molecule has 1 aromatic rings. The van der Waals surface area contributed by atoms with Crippen molar-refractivity contribution in [3.8, 4) is 0 Å². The Kier molecular flexibility index (Phi) is 5.99. The molecule has 0 spiro atoms. The van der Waals surface area contributed by atoms with Gasteiger partial charge in [0.05, 0.1) is 17.9 Å². The van der Waals surface area contributed by atoms with E-state index < -0.39 is 5.54 Å². The first-order chi connectivity index (χ1) is 8.49. The molecule has 0 aromatic heterocycles. The quantitative estimate of drug-likeness (QED) is 0.791. The van der Waals surface area contributed by atoms with E-state index in [4.69, 9.17) is 11.6 Å². The van der Waals surface area contributed by atoms with Crippen molar-refractivity contribution in [1.29, 1.82) is 0 Å². The topological polar surface area (TPSA) is 49.3 Å². The van der Waals surface area contributed by atoms with Crippen LogP contribution >= 0.6 is 23.4 Å². The number of halogens is 1. The zero-order valence-corrected chi connectivity index (χ0v) is 12.1. The molecule has 1 rings (SSSR count). The Morgan fingerprint density at radius 1 is 1.44 bits per heavy atom. The number of thioether (sulfide) groups is 1. The fourth-order valence-electron chi connectivity index (χ4n) is 1.29. The Hall–Kier alpha value is -0.710. The van der Waals surface area contributed by atoms with E-state index in [-0.39, 0.29) is 12.5 Å². The maximum Gasteiger partial charge on any atom is 0.230 e. The van der Waals surface area contributed by atoms with Gasteiger partial charge < -0.3 is 10.4 Å². The Morgan fingerprint density at radius 2 is 2.06 bits per heavy atom. The maximum atomic E-state index is 11.7. The van der Waals surface area contributed by atoms with Crippen molar-refractivity contribution in [2.75, 3.05) is 12.4 Å². The molecule has 0 aliphatic rings. The van der Waals surface area contributed by atoms with Gasteiger partial charge in [0.15, 0.2) is 0 Å². The van der Waals surface area contributed by atoms with Gasteiger partial charge in [0.25, 0.3) is 0 Å². The number of carbonyl (C=O) groups is 1. The lowest BCUT2D eigenvalue weighted by Crippen LogP contribution is -2.49. The van der Waals surface area contributed by atoms with Gasteiger partial charge in [0.1, 0.15) is 0 Å². The Bertz CT molecular complexity index is 390. The van der Waals surface area contributed by atoms with Crippen LogP contribution in [0.4, 0.5) is 0 Å².